The van der Waals surface area contributed by atoms with Gasteiger partial charge in [0.2, 0.25) is 0 Å². The summed E-state index contributed by atoms with van der Waals surface area (Å²) in [4.78, 5) is 0. The third kappa shape index (κ3) is 3.12. The van der Waals surface area contributed by atoms with Gasteiger partial charge in [0.25, 0.3) is 0 Å². The molecule has 0 amide bonds. The standard InChI is InChI=1S/C16H22FNOS/c1-12-2-3-14(17)15(10-12)18-13-4-7-19-16(11-13)5-8-20-9-6-16/h2-3,10,13,18H,4-9,11H2,1H3. The number of anilines is 1. The first kappa shape index (κ1) is 14.2. The van der Waals surface area contributed by atoms with E-state index in [1.807, 2.05) is 30.8 Å². The summed E-state index contributed by atoms with van der Waals surface area (Å²) in [5.74, 6) is 2.21. The third-order valence-electron chi connectivity index (χ3n) is 4.38. The van der Waals surface area contributed by atoms with Crippen molar-refractivity contribution in [2.75, 3.05) is 23.4 Å². The van der Waals surface area contributed by atoms with Crippen molar-refractivity contribution in [2.45, 2.75) is 44.2 Å². The Hall–Kier alpha value is -0.740. The van der Waals surface area contributed by atoms with Gasteiger partial charge in [-0.15, -0.1) is 0 Å². The smallest absolute Gasteiger partial charge is 0.146 e. The molecule has 2 aliphatic rings. The predicted octanol–water partition coefficient (Wildman–Crippen LogP) is 3.99. The molecular formula is C16H22FNOS. The summed E-state index contributed by atoms with van der Waals surface area (Å²) in [5.41, 5.74) is 1.77. The molecule has 20 heavy (non-hydrogen) atoms. The Labute approximate surface area is 124 Å². The van der Waals surface area contributed by atoms with Crippen molar-refractivity contribution in [1.29, 1.82) is 0 Å². The second-order valence-electron chi connectivity index (χ2n) is 5.96. The van der Waals surface area contributed by atoms with Crippen LogP contribution in [0.4, 0.5) is 10.1 Å². The number of aryl methyl sites for hydroxylation is 1. The summed E-state index contributed by atoms with van der Waals surface area (Å²) in [5, 5.41) is 3.40. The van der Waals surface area contributed by atoms with Gasteiger partial charge in [-0.2, -0.15) is 11.8 Å². The maximum atomic E-state index is 13.9. The molecule has 110 valence electrons. The highest BCUT2D eigenvalue weighted by atomic mass is 32.2. The zero-order valence-electron chi connectivity index (χ0n) is 12.0. The predicted molar refractivity (Wildman–Crippen MR) is 83.0 cm³/mol. The van der Waals surface area contributed by atoms with Crippen molar-refractivity contribution in [1.82, 2.24) is 0 Å². The number of halogens is 1. The largest absolute Gasteiger partial charge is 0.380 e. The first-order valence-corrected chi connectivity index (χ1v) is 8.57. The minimum Gasteiger partial charge on any atom is -0.380 e. The van der Waals surface area contributed by atoms with E-state index in [4.69, 9.17) is 4.74 Å². The van der Waals surface area contributed by atoms with Crippen molar-refractivity contribution in [2.24, 2.45) is 0 Å². The monoisotopic (exact) mass is 295 g/mol. The molecule has 2 nitrogen and oxygen atoms in total. The van der Waals surface area contributed by atoms with E-state index in [0.29, 0.717) is 11.7 Å². The van der Waals surface area contributed by atoms with Gasteiger partial charge in [0, 0.05) is 12.6 Å². The van der Waals surface area contributed by atoms with E-state index >= 15 is 0 Å². The van der Waals surface area contributed by atoms with Gasteiger partial charge in [0.05, 0.1) is 11.3 Å². The molecule has 1 spiro atoms. The number of hydrogen-bond acceptors (Lipinski definition) is 3. The summed E-state index contributed by atoms with van der Waals surface area (Å²) in [6.45, 7) is 2.78. The Morgan fingerprint density at radius 1 is 1.35 bits per heavy atom. The first-order valence-electron chi connectivity index (χ1n) is 7.41. The molecule has 1 N–H and O–H groups in total. The lowest BCUT2D eigenvalue weighted by Gasteiger charge is -2.43. The lowest BCUT2D eigenvalue weighted by Crippen LogP contribution is -2.46. The number of ether oxygens (including phenoxy) is 1. The van der Waals surface area contributed by atoms with Crippen LogP contribution in [0.3, 0.4) is 0 Å². The van der Waals surface area contributed by atoms with Crippen LogP contribution in [-0.4, -0.2) is 29.8 Å². The maximum Gasteiger partial charge on any atom is 0.146 e. The number of benzene rings is 1. The SMILES string of the molecule is Cc1ccc(F)c(NC2CCOC3(CCSCC3)C2)c1. The van der Waals surface area contributed by atoms with Gasteiger partial charge in [-0.1, -0.05) is 6.07 Å². The van der Waals surface area contributed by atoms with Crippen LogP contribution in [-0.2, 0) is 4.74 Å². The maximum absolute atomic E-state index is 13.9. The highest BCUT2D eigenvalue weighted by Gasteiger charge is 2.38. The lowest BCUT2D eigenvalue weighted by atomic mass is 9.85. The van der Waals surface area contributed by atoms with Crippen molar-refractivity contribution in [3.63, 3.8) is 0 Å². The van der Waals surface area contributed by atoms with Gasteiger partial charge in [0.15, 0.2) is 0 Å². The van der Waals surface area contributed by atoms with Crippen LogP contribution in [0.25, 0.3) is 0 Å². The van der Waals surface area contributed by atoms with Crippen LogP contribution in [0.2, 0.25) is 0 Å². The Morgan fingerprint density at radius 2 is 2.15 bits per heavy atom. The molecule has 0 bridgehead atoms. The van der Waals surface area contributed by atoms with Crippen LogP contribution in [0, 0.1) is 12.7 Å². The molecule has 2 aliphatic heterocycles. The van der Waals surface area contributed by atoms with Gasteiger partial charge < -0.3 is 10.1 Å². The second kappa shape index (κ2) is 5.94. The van der Waals surface area contributed by atoms with Gasteiger partial charge in [-0.3, -0.25) is 0 Å². The molecule has 2 heterocycles. The molecule has 4 heteroatoms. The lowest BCUT2D eigenvalue weighted by molar-refractivity contribution is -0.0865. The molecule has 3 rings (SSSR count). The van der Waals surface area contributed by atoms with Crippen LogP contribution in [0.5, 0.6) is 0 Å². The fraction of sp³-hybridized carbons (Fsp3) is 0.625. The Morgan fingerprint density at radius 3 is 2.95 bits per heavy atom. The van der Waals surface area contributed by atoms with E-state index in [9.17, 15) is 4.39 Å². The normalized spacial score (nSPS) is 25.6. The van der Waals surface area contributed by atoms with E-state index in [1.54, 1.807) is 6.07 Å². The van der Waals surface area contributed by atoms with E-state index in [2.05, 4.69) is 5.32 Å². The first-order chi connectivity index (χ1) is 9.67. The molecule has 1 atom stereocenters. The number of nitrogens with one attached hydrogen (secondary N) is 1. The molecule has 0 aromatic heterocycles. The van der Waals surface area contributed by atoms with E-state index in [-0.39, 0.29) is 11.4 Å². The molecule has 1 aromatic carbocycles. The van der Waals surface area contributed by atoms with E-state index in [1.165, 1.54) is 11.5 Å². The Balaban J connectivity index is 1.69. The average Bonchev–Trinajstić information content (AvgIpc) is 2.44. The molecule has 1 aromatic rings. The van der Waals surface area contributed by atoms with Crippen molar-refractivity contribution in [3.8, 4) is 0 Å². The van der Waals surface area contributed by atoms with Gasteiger partial charge in [0.1, 0.15) is 5.82 Å². The van der Waals surface area contributed by atoms with Crippen molar-refractivity contribution < 1.29 is 9.13 Å². The summed E-state index contributed by atoms with van der Waals surface area (Å²) in [6.07, 6.45) is 4.22. The fourth-order valence-electron chi connectivity index (χ4n) is 3.21. The molecule has 0 saturated carbocycles. The molecule has 0 aliphatic carbocycles. The third-order valence-corrected chi connectivity index (χ3v) is 5.36. The molecule has 1 unspecified atom stereocenters. The Kier molecular flexibility index (Phi) is 4.22. The minimum atomic E-state index is -0.157. The zero-order chi connectivity index (χ0) is 14.0. The highest BCUT2D eigenvalue weighted by molar-refractivity contribution is 7.99. The van der Waals surface area contributed by atoms with Crippen molar-refractivity contribution >= 4 is 17.4 Å². The molecular weight excluding hydrogens is 273 g/mol. The number of rotatable bonds is 2. The zero-order valence-corrected chi connectivity index (χ0v) is 12.8. The minimum absolute atomic E-state index is 0.0431. The highest BCUT2D eigenvalue weighted by Crippen LogP contribution is 2.38. The van der Waals surface area contributed by atoms with Crippen LogP contribution < -0.4 is 5.32 Å². The summed E-state index contributed by atoms with van der Waals surface area (Å²) >= 11 is 2.01. The average molecular weight is 295 g/mol. The number of thioether (sulfide) groups is 1. The summed E-state index contributed by atoms with van der Waals surface area (Å²) < 4.78 is 19.9. The van der Waals surface area contributed by atoms with Crippen molar-refractivity contribution in [3.05, 3.63) is 29.6 Å². The van der Waals surface area contributed by atoms with E-state index in [0.717, 1.165) is 37.9 Å². The molecule has 0 radical (unpaired) electrons. The van der Waals surface area contributed by atoms with E-state index < -0.39 is 0 Å². The second-order valence-corrected chi connectivity index (χ2v) is 7.19. The quantitative estimate of drug-likeness (QED) is 0.891. The molecule has 2 fully saturated rings. The fourth-order valence-corrected chi connectivity index (χ4v) is 4.45. The van der Waals surface area contributed by atoms with Gasteiger partial charge in [-0.25, -0.2) is 4.39 Å². The molecule has 2 saturated heterocycles. The topological polar surface area (TPSA) is 21.3 Å². The summed E-state index contributed by atoms with van der Waals surface area (Å²) in [6, 6.07) is 5.57. The van der Waals surface area contributed by atoms with Crippen LogP contribution in [0.15, 0.2) is 18.2 Å². The van der Waals surface area contributed by atoms with Crippen LogP contribution >= 0.6 is 11.8 Å². The van der Waals surface area contributed by atoms with Gasteiger partial charge >= 0.3 is 0 Å². The van der Waals surface area contributed by atoms with Crippen LogP contribution in [0.1, 0.15) is 31.2 Å². The van der Waals surface area contributed by atoms with Gasteiger partial charge in [-0.05, 0) is 61.8 Å². The number of hydrogen-bond donors (Lipinski definition) is 1. The Bertz CT molecular complexity index is 468. The summed E-state index contributed by atoms with van der Waals surface area (Å²) in [7, 11) is 0.